The third kappa shape index (κ3) is 5.06. The van der Waals surface area contributed by atoms with Gasteiger partial charge in [-0.05, 0) is 54.8 Å². The van der Waals surface area contributed by atoms with Crippen LogP contribution in [0.5, 0.6) is 0 Å². The van der Waals surface area contributed by atoms with Crippen molar-refractivity contribution in [1.82, 2.24) is 5.32 Å². The molecular formula is C18H22ClNS. The summed E-state index contributed by atoms with van der Waals surface area (Å²) in [5.41, 5.74) is 2.56. The average Bonchev–Trinajstić information content (AvgIpc) is 2.43. The van der Waals surface area contributed by atoms with E-state index >= 15 is 0 Å². The van der Waals surface area contributed by atoms with Gasteiger partial charge >= 0.3 is 0 Å². The van der Waals surface area contributed by atoms with Gasteiger partial charge < -0.3 is 5.32 Å². The SMILES string of the molecule is Cc1ccccc1Sc1ccc(Cl)cc1CNCC(C)C. The van der Waals surface area contributed by atoms with Crippen molar-refractivity contribution in [2.45, 2.75) is 37.1 Å². The normalized spacial score (nSPS) is 11.1. The summed E-state index contributed by atoms with van der Waals surface area (Å²) in [5, 5.41) is 4.29. The zero-order valence-corrected chi connectivity index (χ0v) is 14.4. The van der Waals surface area contributed by atoms with Crippen LogP contribution in [0.3, 0.4) is 0 Å². The molecule has 112 valence electrons. The minimum atomic E-state index is 0.650. The first-order valence-corrected chi connectivity index (χ1v) is 8.48. The highest BCUT2D eigenvalue weighted by Crippen LogP contribution is 2.33. The maximum Gasteiger partial charge on any atom is 0.0410 e. The molecule has 1 N–H and O–H groups in total. The Bertz CT molecular complexity index is 596. The van der Waals surface area contributed by atoms with Crippen LogP contribution in [0.1, 0.15) is 25.0 Å². The molecule has 0 spiro atoms. The fourth-order valence-electron chi connectivity index (χ4n) is 2.07. The second-order valence-electron chi connectivity index (χ2n) is 5.64. The summed E-state index contributed by atoms with van der Waals surface area (Å²) in [5.74, 6) is 0.650. The maximum absolute atomic E-state index is 6.16. The third-order valence-corrected chi connectivity index (χ3v) is 4.74. The molecule has 0 atom stereocenters. The Morgan fingerprint density at radius 2 is 1.86 bits per heavy atom. The van der Waals surface area contributed by atoms with Gasteiger partial charge in [0.05, 0.1) is 0 Å². The highest BCUT2D eigenvalue weighted by molar-refractivity contribution is 7.99. The standard InChI is InChI=1S/C18H22ClNS/c1-13(2)11-20-12-15-10-16(19)8-9-18(15)21-17-7-5-4-6-14(17)3/h4-10,13,20H,11-12H2,1-3H3. The number of aryl methyl sites for hydroxylation is 1. The Balaban J connectivity index is 2.16. The van der Waals surface area contributed by atoms with E-state index in [0.29, 0.717) is 5.92 Å². The lowest BCUT2D eigenvalue weighted by atomic mass is 10.2. The molecule has 0 heterocycles. The van der Waals surface area contributed by atoms with Gasteiger partial charge in [-0.25, -0.2) is 0 Å². The zero-order valence-electron chi connectivity index (χ0n) is 12.8. The minimum absolute atomic E-state index is 0.650. The van der Waals surface area contributed by atoms with Gasteiger partial charge in [0.25, 0.3) is 0 Å². The van der Waals surface area contributed by atoms with Crippen molar-refractivity contribution in [3.8, 4) is 0 Å². The molecule has 2 aromatic rings. The van der Waals surface area contributed by atoms with Crippen molar-refractivity contribution in [3.05, 3.63) is 58.6 Å². The van der Waals surface area contributed by atoms with E-state index in [0.717, 1.165) is 18.1 Å². The molecule has 0 aliphatic heterocycles. The fourth-order valence-corrected chi connectivity index (χ4v) is 3.28. The molecule has 21 heavy (non-hydrogen) atoms. The van der Waals surface area contributed by atoms with Gasteiger partial charge in [-0.2, -0.15) is 0 Å². The van der Waals surface area contributed by atoms with Crippen LogP contribution in [0, 0.1) is 12.8 Å². The van der Waals surface area contributed by atoms with Crippen molar-refractivity contribution >= 4 is 23.4 Å². The minimum Gasteiger partial charge on any atom is -0.312 e. The molecule has 0 unspecified atom stereocenters. The molecular weight excluding hydrogens is 298 g/mol. The third-order valence-electron chi connectivity index (χ3n) is 3.20. The van der Waals surface area contributed by atoms with E-state index in [4.69, 9.17) is 11.6 Å². The summed E-state index contributed by atoms with van der Waals surface area (Å²) in [6, 6.07) is 14.6. The van der Waals surface area contributed by atoms with E-state index in [9.17, 15) is 0 Å². The fraction of sp³-hybridized carbons (Fsp3) is 0.333. The molecule has 3 heteroatoms. The Morgan fingerprint density at radius 3 is 2.57 bits per heavy atom. The first-order chi connectivity index (χ1) is 10.1. The van der Waals surface area contributed by atoms with Crippen molar-refractivity contribution in [2.24, 2.45) is 5.92 Å². The number of nitrogens with one attached hydrogen (secondary N) is 1. The molecule has 0 aromatic heterocycles. The van der Waals surface area contributed by atoms with Crippen LogP contribution in [-0.4, -0.2) is 6.54 Å². The highest BCUT2D eigenvalue weighted by atomic mass is 35.5. The number of rotatable bonds is 6. The molecule has 0 fully saturated rings. The monoisotopic (exact) mass is 319 g/mol. The molecule has 0 bridgehead atoms. The van der Waals surface area contributed by atoms with Crippen LogP contribution in [0.25, 0.3) is 0 Å². The Kier molecular flexibility index (Phi) is 6.16. The quantitative estimate of drug-likeness (QED) is 0.749. The van der Waals surface area contributed by atoms with Crippen molar-refractivity contribution in [3.63, 3.8) is 0 Å². The first-order valence-electron chi connectivity index (χ1n) is 7.29. The van der Waals surface area contributed by atoms with Gasteiger partial charge in [-0.1, -0.05) is 55.4 Å². The Labute approximate surface area is 137 Å². The predicted molar refractivity (Wildman–Crippen MR) is 93.3 cm³/mol. The van der Waals surface area contributed by atoms with Crippen molar-refractivity contribution in [1.29, 1.82) is 0 Å². The predicted octanol–water partition coefficient (Wildman–Crippen LogP) is 5.55. The smallest absolute Gasteiger partial charge is 0.0410 e. The van der Waals surface area contributed by atoms with E-state index in [2.05, 4.69) is 62.5 Å². The van der Waals surface area contributed by atoms with Gasteiger partial charge in [0.15, 0.2) is 0 Å². The topological polar surface area (TPSA) is 12.0 Å². The summed E-state index contributed by atoms with van der Waals surface area (Å²) in [6.45, 7) is 8.45. The van der Waals surface area contributed by atoms with E-state index in [1.54, 1.807) is 0 Å². The lowest BCUT2D eigenvalue weighted by Crippen LogP contribution is -2.19. The Morgan fingerprint density at radius 1 is 1.10 bits per heavy atom. The number of halogens is 1. The van der Waals surface area contributed by atoms with E-state index in [1.807, 2.05) is 17.8 Å². The summed E-state index contributed by atoms with van der Waals surface area (Å²) >= 11 is 7.97. The number of hydrogen-bond donors (Lipinski definition) is 1. The first kappa shape index (κ1) is 16.4. The average molecular weight is 320 g/mol. The van der Waals surface area contributed by atoms with Crippen LogP contribution in [-0.2, 0) is 6.54 Å². The second kappa shape index (κ2) is 7.88. The molecule has 0 radical (unpaired) electrons. The molecule has 0 saturated carbocycles. The van der Waals surface area contributed by atoms with E-state index in [1.165, 1.54) is 20.9 Å². The van der Waals surface area contributed by atoms with Crippen LogP contribution in [0.15, 0.2) is 52.3 Å². The van der Waals surface area contributed by atoms with Crippen LogP contribution < -0.4 is 5.32 Å². The summed E-state index contributed by atoms with van der Waals surface area (Å²) in [6.07, 6.45) is 0. The number of benzene rings is 2. The van der Waals surface area contributed by atoms with Gasteiger partial charge in [0.1, 0.15) is 0 Å². The molecule has 0 amide bonds. The van der Waals surface area contributed by atoms with Crippen LogP contribution in [0.2, 0.25) is 5.02 Å². The molecule has 2 aromatic carbocycles. The van der Waals surface area contributed by atoms with Gasteiger partial charge in [-0.3, -0.25) is 0 Å². The summed E-state index contributed by atoms with van der Waals surface area (Å²) in [7, 11) is 0. The lowest BCUT2D eigenvalue weighted by Gasteiger charge is -2.13. The molecule has 2 rings (SSSR count). The second-order valence-corrected chi connectivity index (χ2v) is 7.16. The van der Waals surface area contributed by atoms with Crippen molar-refractivity contribution in [2.75, 3.05) is 6.54 Å². The highest BCUT2D eigenvalue weighted by Gasteiger charge is 2.07. The van der Waals surface area contributed by atoms with Gasteiger partial charge in [0, 0.05) is 21.4 Å². The summed E-state index contributed by atoms with van der Waals surface area (Å²) < 4.78 is 0. The van der Waals surface area contributed by atoms with E-state index in [-0.39, 0.29) is 0 Å². The zero-order chi connectivity index (χ0) is 15.2. The summed E-state index contributed by atoms with van der Waals surface area (Å²) in [4.78, 5) is 2.56. The molecule has 0 aliphatic carbocycles. The Hall–Kier alpha value is -0.960. The molecule has 0 saturated heterocycles. The van der Waals surface area contributed by atoms with Gasteiger partial charge in [0.2, 0.25) is 0 Å². The van der Waals surface area contributed by atoms with Crippen LogP contribution in [0.4, 0.5) is 0 Å². The molecule has 1 nitrogen and oxygen atoms in total. The molecule has 0 aliphatic rings. The maximum atomic E-state index is 6.16. The van der Waals surface area contributed by atoms with Gasteiger partial charge in [-0.15, -0.1) is 0 Å². The largest absolute Gasteiger partial charge is 0.312 e. The van der Waals surface area contributed by atoms with E-state index < -0.39 is 0 Å². The van der Waals surface area contributed by atoms with Crippen molar-refractivity contribution < 1.29 is 0 Å². The van der Waals surface area contributed by atoms with Crippen LogP contribution >= 0.6 is 23.4 Å². The lowest BCUT2D eigenvalue weighted by molar-refractivity contribution is 0.550. The number of hydrogen-bond acceptors (Lipinski definition) is 2.